The van der Waals surface area contributed by atoms with Crippen LogP contribution in [-0.4, -0.2) is 51.5 Å². The van der Waals surface area contributed by atoms with Gasteiger partial charge >= 0.3 is 0 Å². The standard InChI is InChI=1S/C21H29N5O2/c1-15(2)21(28)26-10-8-17(9-11-26)14-22-20(27)13-19-23-18(24-25-19)12-16-6-4-3-5-7-16/h3-7,15,17H,8-14H2,1-2H3,(H,22,27)(H,23,24,25). The topological polar surface area (TPSA) is 91.0 Å². The van der Waals surface area contributed by atoms with Gasteiger partial charge in [0.15, 0.2) is 5.82 Å². The van der Waals surface area contributed by atoms with Gasteiger partial charge in [-0.2, -0.15) is 5.10 Å². The molecule has 2 aromatic rings. The van der Waals surface area contributed by atoms with Gasteiger partial charge in [-0.15, -0.1) is 0 Å². The van der Waals surface area contributed by atoms with Crippen molar-refractivity contribution >= 4 is 11.8 Å². The average molecular weight is 383 g/mol. The second-order valence-electron chi connectivity index (χ2n) is 7.76. The maximum atomic E-state index is 12.2. The number of rotatable bonds is 7. The van der Waals surface area contributed by atoms with E-state index in [4.69, 9.17) is 0 Å². The number of aromatic amines is 1. The summed E-state index contributed by atoms with van der Waals surface area (Å²) in [6, 6.07) is 10.0. The van der Waals surface area contributed by atoms with Crippen LogP contribution in [0.1, 0.15) is 43.9 Å². The van der Waals surface area contributed by atoms with E-state index in [0.717, 1.165) is 37.3 Å². The van der Waals surface area contributed by atoms with Crippen molar-refractivity contribution in [3.05, 3.63) is 47.5 Å². The van der Waals surface area contributed by atoms with Gasteiger partial charge in [0, 0.05) is 32.0 Å². The summed E-state index contributed by atoms with van der Waals surface area (Å²) in [7, 11) is 0. The maximum absolute atomic E-state index is 12.2. The van der Waals surface area contributed by atoms with Crippen molar-refractivity contribution < 1.29 is 9.59 Å². The molecule has 1 aliphatic heterocycles. The van der Waals surface area contributed by atoms with E-state index in [0.29, 0.717) is 24.7 Å². The zero-order valence-electron chi connectivity index (χ0n) is 16.6. The zero-order valence-corrected chi connectivity index (χ0v) is 16.6. The number of carbonyl (C=O) groups excluding carboxylic acids is 2. The van der Waals surface area contributed by atoms with E-state index < -0.39 is 0 Å². The highest BCUT2D eigenvalue weighted by atomic mass is 16.2. The summed E-state index contributed by atoms with van der Waals surface area (Å²) in [4.78, 5) is 30.6. The van der Waals surface area contributed by atoms with E-state index in [1.54, 1.807) is 0 Å². The highest BCUT2D eigenvalue weighted by Crippen LogP contribution is 2.18. The SMILES string of the molecule is CC(C)C(=O)N1CCC(CNC(=O)Cc2n[nH]c(Cc3ccccc3)n2)CC1. The summed E-state index contributed by atoms with van der Waals surface area (Å²) in [5.41, 5.74) is 1.15. The molecule has 0 saturated carbocycles. The van der Waals surface area contributed by atoms with Crippen molar-refractivity contribution in [2.24, 2.45) is 11.8 Å². The summed E-state index contributed by atoms with van der Waals surface area (Å²) in [6.07, 6.45) is 2.71. The van der Waals surface area contributed by atoms with Gasteiger partial charge in [-0.25, -0.2) is 4.98 Å². The Kier molecular flexibility index (Phi) is 6.79. The Labute approximate surface area is 165 Å². The van der Waals surface area contributed by atoms with E-state index in [1.165, 1.54) is 0 Å². The zero-order chi connectivity index (χ0) is 19.9. The Morgan fingerprint density at radius 1 is 1.21 bits per heavy atom. The van der Waals surface area contributed by atoms with Crippen LogP contribution in [0.25, 0.3) is 0 Å². The van der Waals surface area contributed by atoms with Gasteiger partial charge in [-0.1, -0.05) is 44.2 Å². The minimum Gasteiger partial charge on any atom is -0.355 e. The molecular weight excluding hydrogens is 354 g/mol. The van der Waals surface area contributed by atoms with Gasteiger partial charge < -0.3 is 10.2 Å². The first kappa shape index (κ1) is 20.0. The van der Waals surface area contributed by atoms with Crippen LogP contribution in [0.15, 0.2) is 30.3 Å². The minimum atomic E-state index is -0.0639. The van der Waals surface area contributed by atoms with Gasteiger partial charge in [0.1, 0.15) is 5.82 Å². The molecule has 0 aliphatic carbocycles. The molecule has 1 fully saturated rings. The normalized spacial score (nSPS) is 15.0. The molecule has 1 aromatic carbocycles. The molecule has 1 aliphatic rings. The fourth-order valence-corrected chi connectivity index (χ4v) is 3.47. The number of likely N-dealkylation sites (tertiary alicyclic amines) is 1. The second-order valence-corrected chi connectivity index (χ2v) is 7.76. The largest absolute Gasteiger partial charge is 0.355 e. The molecule has 1 saturated heterocycles. The van der Waals surface area contributed by atoms with Crippen molar-refractivity contribution in [3.8, 4) is 0 Å². The smallest absolute Gasteiger partial charge is 0.227 e. The summed E-state index contributed by atoms with van der Waals surface area (Å²) in [5, 5.41) is 10.1. The molecule has 0 unspecified atom stereocenters. The average Bonchev–Trinajstić information content (AvgIpc) is 3.13. The summed E-state index contributed by atoms with van der Waals surface area (Å²) in [5.74, 6) is 1.90. The molecule has 3 rings (SSSR count). The van der Waals surface area contributed by atoms with E-state index >= 15 is 0 Å². The van der Waals surface area contributed by atoms with Crippen LogP contribution in [0.3, 0.4) is 0 Å². The molecule has 150 valence electrons. The third-order valence-corrected chi connectivity index (χ3v) is 5.12. The monoisotopic (exact) mass is 383 g/mol. The Bertz CT molecular complexity index is 779. The van der Waals surface area contributed by atoms with Crippen LogP contribution < -0.4 is 5.32 Å². The molecule has 7 nitrogen and oxygen atoms in total. The van der Waals surface area contributed by atoms with Gasteiger partial charge in [0.25, 0.3) is 0 Å². The van der Waals surface area contributed by atoms with Crippen LogP contribution in [0, 0.1) is 11.8 Å². The number of carbonyl (C=O) groups is 2. The number of aromatic nitrogens is 3. The Hall–Kier alpha value is -2.70. The molecule has 0 radical (unpaired) electrons. The van der Waals surface area contributed by atoms with E-state index in [-0.39, 0.29) is 24.2 Å². The van der Waals surface area contributed by atoms with Crippen LogP contribution in [0.4, 0.5) is 0 Å². The van der Waals surface area contributed by atoms with Crippen LogP contribution in [0.5, 0.6) is 0 Å². The number of hydrogen-bond donors (Lipinski definition) is 2. The maximum Gasteiger partial charge on any atom is 0.227 e. The van der Waals surface area contributed by atoms with Crippen molar-refractivity contribution in [2.45, 2.75) is 39.5 Å². The molecular formula is C21H29N5O2. The van der Waals surface area contributed by atoms with E-state index in [9.17, 15) is 9.59 Å². The minimum absolute atomic E-state index is 0.0457. The van der Waals surface area contributed by atoms with Gasteiger partial charge in [-0.3, -0.25) is 14.7 Å². The molecule has 0 bridgehead atoms. The van der Waals surface area contributed by atoms with Crippen molar-refractivity contribution in [2.75, 3.05) is 19.6 Å². The lowest BCUT2D eigenvalue weighted by Gasteiger charge is -2.33. The number of benzene rings is 1. The molecule has 7 heteroatoms. The first-order valence-electron chi connectivity index (χ1n) is 10.0. The third-order valence-electron chi connectivity index (χ3n) is 5.12. The van der Waals surface area contributed by atoms with Crippen LogP contribution in [-0.2, 0) is 22.4 Å². The van der Waals surface area contributed by atoms with E-state index in [1.807, 2.05) is 49.1 Å². The number of hydrogen-bond acceptors (Lipinski definition) is 4. The number of nitrogens with one attached hydrogen (secondary N) is 2. The lowest BCUT2D eigenvalue weighted by atomic mass is 9.96. The van der Waals surface area contributed by atoms with Gasteiger partial charge in [0.05, 0.1) is 6.42 Å². The third kappa shape index (κ3) is 5.65. The summed E-state index contributed by atoms with van der Waals surface area (Å²) < 4.78 is 0. The predicted octanol–water partition coefficient (Wildman–Crippen LogP) is 1.95. The highest BCUT2D eigenvalue weighted by molar-refractivity contribution is 5.78. The van der Waals surface area contributed by atoms with E-state index in [2.05, 4.69) is 20.5 Å². The van der Waals surface area contributed by atoms with Gasteiger partial charge in [-0.05, 0) is 24.3 Å². The fourth-order valence-electron chi connectivity index (χ4n) is 3.47. The Morgan fingerprint density at radius 2 is 1.93 bits per heavy atom. The number of nitrogens with zero attached hydrogens (tertiary/aromatic N) is 3. The fraction of sp³-hybridized carbons (Fsp3) is 0.524. The molecule has 28 heavy (non-hydrogen) atoms. The molecule has 2 heterocycles. The van der Waals surface area contributed by atoms with Crippen molar-refractivity contribution in [1.82, 2.24) is 25.4 Å². The highest BCUT2D eigenvalue weighted by Gasteiger charge is 2.24. The van der Waals surface area contributed by atoms with Crippen molar-refractivity contribution in [1.29, 1.82) is 0 Å². The molecule has 2 N–H and O–H groups in total. The van der Waals surface area contributed by atoms with Crippen molar-refractivity contribution in [3.63, 3.8) is 0 Å². The lowest BCUT2D eigenvalue weighted by molar-refractivity contribution is -0.136. The number of amides is 2. The quantitative estimate of drug-likeness (QED) is 0.765. The predicted molar refractivity (Wildman–Crippen MR) is 106 cm³/mol. The number of piperidine rings is 1. The Balaban J connectivity index is 1.39. The molecule has 0 spiro atoms. The number of H-pyrrole nitrogens is 1. The molecule has 0 atom stereocenters. The molecule has 1 aromatic heterocycles. The van der Waals surface area contributed by atoms with Crippen LogP contribution in [0.2, 0.25) is 0 Å². The first-order valence-corrected chi connectivity index (χ1v) is 10.0. The Morgan fingerprint density at radius 3 is 2.61 bits per heavy atom. The summed E-state index contributed by atoms with van der Waals surface area (Å²) in [6.45, 7) is 6.07. The van der Waals surface area contributed by atoms with Crippen LogP contribution >= 0.6 is 0 Å². The second kappa shape index (κ2) is 9.48. The lowest BCUT2D eigenvalue weighted by Crippen LogP contribution is -2.43. The molecule has 2 amide bonds. The summed E-state index contributed by atoms with van der Waals surface area (Å²) >= 11 is 0. The van der Waals surface area contributed by atoms with Gasteiger partial charge in [0.2, 0.25) is 11.8 Å². The first-order chi connectivity index (χ1) is 13.5.